The fourth-order valence-electron chi connectivity index (χ4n) is 1.34. The minimum absolute atomic E-state index is 0.961. The van der Waals surface area contributed by atoms with Gasteiger partial charge in [-0.1, -0.05) is 39.0 Å². The second-order valence-electron chi connectivity index (χ2n) is 2.69. The topological polar surface area (TPSA) is 25.8 Å². The predicted octanol–water partition coefficient (Wildman–Crippen LogP) is 3.22. The summed E-state index contributed by atoms with van der Waals surface area (Å²) in [7, 11) is 0. The Balaban J connectivity index is 0.000000461. The van der Waals surface area contributed by atoms with Crippen molar-refractivity contribution in [2.45, 2.75) is 27.2 Å². The largest absolute Gasteiger partial charge is 0.241 e. The molecule has 1 aromatic heterocycles. The van der Waals surface area contributed by atoms with Crippen LogP contribution < -0.4 is 0 Å². The van der Waals surface area contributed by atoms with Gasteiger partial charge in [0.15, 0.2) is 0 Å². The van der Waals surface area contributed by atoms with Gasteiger partial charge in [-0.05, 0) is 12.5 Å². The summed E-state index contributed by atoms with van der Waals surface area (Å²) >= 11 is 0. The Morgan fingerprint density at radius 3 is 2.50 bits per heavy atom. The molecule has 1 heterocycles. The Hall–Kier alpha value is -1.44. The Morgan fingerprint density at radius 2 is 1.79 bits per heavy atom. The third kappa shape index (κ3) is 2.08. The second-order valence-corrected chi connectivity index (χ2v) is 2.69. The average Bonchev–Trinajstić information content (AvgIpc) is 2.31. The number of aryl methyl sites for hydroxylation is 1. The number of aromatic nitrogens is 2. The molecule has 2 heteroatoms. The van der Waals surface area contributed by atoms with E-state index in [0.29, 0.717) is 0 Å². The lowest BCUT2D eigenvalue weighted by Crippen LogP contribution is -1.90. The fraction of sp³-hybridized carbons (Fsp3) is 0.333. The molecule has 0 fully saturated rings. The molecule has 0 radical (unpaired) electrons. The third-order valence-electron chi connectivity index (χ3n) is 1.96. The molecule has 0 saturated carbocycles. The van der Waals surface area contributed by atoms with Gasteiger partial charge in [0, 0.05) is 5.39 Å². The van der Waals surface area contributed by atoms with Crippen LogP contribution in [0.3, 0.4) is 0 Å². The van der Waals surface area contributed by atoms with Crippen LogP contribution in [0.1, 0.15) is 26.5 Å². The number of hydrogen-bond donors (Lipinski definition) is 0. The molecule has 0 aliphatic carbocycles. The molecule has 0 bridgehead atoms. The highest BCUT2D eigenvalue weighted by molar-refractivity contribution is 5.80. The average molecular weight is 188 g/mol. The van der Waals surface area contributed by atoms with Crippen molar-refractivity contribution in [3.8, 4) is 0 Å². The van der Waals surface area contributed by atoms with E-state index in [-0.39, 0.29) is 0 Å². The summed E-state index contributed by atoms with van der Waals surface area (Å²) in [6.07, 6.45) is 2.59. The van der Waals surface area contributed by atoms with Crippen LogP contribution >= 0.6 is 0 Å². The lowest BCUT2D eigenvalue weighted by molar-refractivity contribution is 1.03. The zero-order chi connectivity index (χ0) is 10.4. The van der Waals surface area contributed by atoms with Crippen LogP contribution in [0.5, 0.6) is 0 Å². The number of para-hydroxylation sites is 1. The van der Waals surface area contributed by atoms with E-state index in [0.717, 1.165) is 17.6 Å². The van der Waals surface area contributed by atoms with E-state index in [2.05, 4.69) is 23.0 Å². The van der Waals surface area contributed by atoms with E-state index >= 15 is 0 Å². The SMILES string of the molecule is CC.CCc1ncnc2ccccc12. The van der Waals surface area contributed by atoms with Crippen LogP contribution in [-0.2, 0) is 6.42 Å². The molecule has 0 unspecified atom stereocenters. The van der Waals surface area contributed by atoms with Crippen LogP contribution in [0.4, 0.5) is 0 Å². The first kappa shape index (κ1) is 10.6. The first-order valence-electron chi connectivity index (χ1n) is 5.10. The maximum atomic E-state index is 4.21. The molecule has 14 heavy (non-hydrogen) atoms. The summed E-state index contributed by atoms with van der Waals surface area (Å²) in [6, 6.07) is 8.09. The molecule has 2 aromatic rings. The standard InChI is InChI=1S/C10H10N2.C2H6/c1-2-9-8-5-3-4-6-10(8)12-7-11-9;1-2/h3-7H,2H2,1H3;1-2H3. The van der Waals surface area contributed by atoms with Crippen molar-refractivity contribution >= 4 is 10.9 Å². The molecule has 1 aromatic carbocycles. The normalized spacial score (nSPS) is 9.36. The summed E-state index contributed by atoms with van der Waals surface area (Å²) in [5.74, 6) is 0. The Labute approximate surface area is 85.0 Å². The summed E-state index contributed by atoms with van der Waals surface area (Å²) in [6.45, 7) is 6.11. The van der Waals surface area contributed by atoms with Crippen LogP contribution in [0.25, 0.3) is 10.9 Å². The zero-order valence-electron chi connectivity index (χ0n) is 8.99. The smallest absolute Gasteiger partial charge is 0.116 e. The zero-order valence-corrected chi connectivity index (χ0v) is 8.99. The van der Waals surface area contributed by atoms with Crippen LogP contribution in [-0.4, -0.2) is 9.97 Å². The molecule has 0 saturated heterocycles. The Morgan fingerprint density at radius 1 is 1.07 bits per heavy atom. The second kappa shape index (κ2) is 5.32. The van der Waals surface area contributed by atoms with Gasteiger partial charge in [0.25, 0.3) is 0 Å². The Kier molecular flexibility index (Phi) is 4.05. The number of benzene rings is 1. The molecular formula is C12H16N2. The molecule has 0 amide bonds. The van der Waals surface area contributed by atoms with Crippen molar-refractivity contribution in [1.29, 1.82) is 0 Å². The quantitative estimate of drug-likeness (QED) is 0.686. The molecule has 0 aliphatic rings. The van der Waals surface area contributed by atoms with Gasteiger partial charge in [0.1, 0.15) is 6.33 Å². The lowest BCUT2D eigenvalue weighted by atomic mass is 10.1. The van der Waals surface area contributed by atoms with Gasteiger partial charge in [-0.3, -0.25) is 0 Å². The fourth-order valence-corrected chi connectivity index (χ4v) is 1.34. The highest BCUT2D eigenvalue weighted by atomic mass is 14.8. The monoisotopic (exact) mass is 188 g/mol. The first-order chi connectivity index (χ1) is 6.92. The van der Waals surface area contributed by atoms with Crippen LogP contribution in [0.2, 0.25) is 0 Å². The van der Waals surface area contributed by atoms with Crippen molar-refractivity contribution in [3.05, 3.63) is 36.3 Å². The summed E-state index contributed by atoms with van der Waals surface area (Å²) in [5, 5.41) is 1.17. The summed E-state index contributed by atoms with van der Waals surface area (Å²) < 4.78 is 0. The molecule has 0 spiro atoms. The molecule has 2 rings (SSSR count). The van der Waals surface area contributed by atoms with E-state index in [1.165, 1.54) is 5.39 Å². The first-order valence-corrected chi connectivity index (χ1v) is 5.10. The summed E-state index contributed by atoms with van der Waals surface area (Å²) in [5.41, 5.74) is 2.16. The number of rotatable bonds is 1. The van der Waals surface area contributed by atoms with Gasteiger partial charge < -0.3 is 0 Å². The van der Waals surface area contributed by atoms with Gasteiger partial charge in [-0.15, -0.1) is 0 Å². The van der Waals surface area contributed by atoms with Crippen molar-refractivity contribution in [2.75, 3.05) is 0 Å². The number of fused-ring (bicyclic) bond motifs is 1. The van der Waals surface area contributed by atoms with Gasteiger partial charge in [-0.25, -0.2) is 9.97 Å². The highest BCUT2D eigenvalue weighted by Gasteiger charge is 1.98. The van der Waals surface area contributed by atoms with Crippen molar-refractivity contribution in [1.82, 2.24) is 9.97 Å². The van der Waals surface area contributed by atoms with E-state index in [1.54, 1.807) is 6.33 Å². The number of hydrogen-bond acceptors (Lipinski definition) is 2. The number of nitrogens with zero attached hydrogens (tertiary/aromatic N) is 2. The van der Waals surface area contributed by atoms with Gasteiger partial charge in [0.05, 0.1) is 11.2 Å². The van der Waals surface area contributed by atoms with Gasteiger partial charge >= 0.3 is 0 Å². The summed E-state index contributed by atoms with van der Waals surface area (Å²) in [4.78, 5) is 8.39. The van der Waals surface area contributed by atoms with E-state index in [1.807, 2.05) is 32.0 Å². The minimum atomic E-state index is 0.961. The molecule has 0 aliphatic heterocycles. The maximum absolute atomic E-state index is 4.21. The molecule has 0 N–H and O–H groups in total. The van der Waals surface area contributed by atoms with Crippen molar-refractivity contribution in [2.24, 2.45) is 0 Å². The van der Waals surface area contributed by atoms with E-state index in [4.69, 9.17) is 0 Å². The van der Waals surface area contributed by atoms with E-state index < -0.39 is 0 Å². The minimum Gasteiger partial charge on any atom is -0.241 e. The molecule has 2 nitrogen and oxygen atoms in total. The van der Waals surface area contributed by atoms with Crippen LogP contribution in [0, 0.1) is 0 Å². The molecule has 0 atom stereocenters. The highest BCUT2D eigenvalue weighted by Crippen LogP contribution is 2.13. The van der Waals surface area contributed by atoms with Crippen molar-refractivity contribution in [3.63, 3.8) is 0 Å². The van der Waals surface area contributed by atoms with Gasteiger partial charge in [-0.2, -0.15) is 0 Å². The molecule has 74 valence electrons. The van der Waals surface area contributed by atoms with Gasteiger partial charge in [0.2, 0.25) is 0 Å². The predicted molar refractivity (Wildman–Crippen MR) is 60.3 cm³/mol. The maximum Gasteiger partial charge on any atom is 0.116 e. The molecular weight excluding hydrogens is 172 g/mol. The van der Waals surface area contributed by atoms with E-state index in [9.17, 15) is 0 Å². The van der Waals surface area contributed by atoms with Crippen LogP contribution in [0.15, 0.2) is 30.6 Å². The third-order valence-corrected chi connectivity index (χ3v) is 1.96. The van der Waals surface area contributed by atoms with Crippen molar-refractivity contribution < 1.29 is 0 Å². The lowest BCUT2D eigenvalue weighted by Gasteiger charge is -2.00. The Bertz CT molecular complexity index is 391.